The van der Waals surface area contributed by atoms with Crippen molar-refractivity contribution in [2.75, 3.05) is 6.61 Å². The third-order valence-corrected chi connectivity index (χ3v) is 4.33. The molecule has 0 saturated heterocycles. The van der Waals surface area contributed by atoms with Crippen molar-refractivity contribution in [3.8, 4) is 23.7 Å². The van der Waals surface area contributed by atoms with Gasteiger partial charge in [-0.15, -0.1) is 6.42 Å². The molecule has 8 nitrogen and oxygen atoms in total. The first-order valence-electron chi connectivity index (χ1n) is 9.15. The van der Waals surface area contributed by atoms with Crippen molar-refractivity contribution >= 4 is 27.8 Å². The Morgan fingerprint density at radius 2 is 1.77 bits per heavy atom. The van der Waals surface area contributed by atoms with Gasteiger partial charge in [0.1, 0.15) is 0 Å². The second-order valence-electron chi connectivity index (χ2n) is 6.29. The van der Waals surface area contributed by atoms with Crippen molar-refractivity contribution in [2.45, 2.75) is 6.92 Å². The molecule has 148 valence electrons. The highest BCUT2D eigenvalue weighted by Crippen LogP contribution is 2.24. The highest BCUT2D eigenvalue weighted by atomic mass is 16.5. The molecule has 0 aliphatic carbocycles. The maximum absolute atomic E-state index is 11.5. The van der Waals surface area contributed by atoms with E-state index in [4.69, 9.17) is 15.7 Å². The van der Waals surface area contributed by atoms with Crippen LogP contribution in [0.3, 0.4) is 0 Å². The zero-order chi connectivity index (χ0) is 20.9. The number of hydrogen-bond donors (Lipinski definition) is 2. The summed E-state index contributed by atoms with van der Waals surface area (Å²) in [5, 5.41) is 19.3. The summed E-state index contributed by atoms with van der Waals surface area (Å²) in [5.41, 5.74) is 3.85. The maximum Gasteiger partial charge on any atom is 0.360 e. The summed E-state index contributed by atoms with van der Waals surface area (Å²) in [6.45, 7) is 2.05. The molecule has 0 atom stereocenters. The number of fused-ring (bicyclic) bond motifs is 2. The van der Waals surface area contributed by atoms with E-state index in [1.54, 1.807) is 25.4 Å². The van der Waals surface area contributed by atoms with Gasteiger partial charge in [0.15, 0.2) is 11.5 Å². The van der Waals surface area contributed by atoms with Crippen LogP contribution in [0.5, 0.6) is 0 Å². The molecule has 0 bridgehead atoms. The van der Waals surface area contributed by atoms with Gasteiger partial charge in [0.05, 0.1) is 30.0 Å². The van der Waals surface area contributed by atoms with Gasteiger partial charge in [-0.1, -0.05) is 11.1 Å². The second kappa shape index (κ2) is 8.32. The van der Waals surface area contributed by atoms with E-state index in [1.165, 1.54) is 0 Å². The number of ether oxygens (including phenoxy) is 1. The molecule has 5 aromatic rings. The Morgan fingerprint density at radius 3 is 2.47 bits per heavy atom. The number of esters is 1. The fourth-order valence-electron chi connectivity index (χ4n) is 2.84. The molecule has 0 fully saturated rings. The van der Waals surface area contributed by atoms with Gasteiger partial charge in [-0.2, -0.15) is 10.2 Å². The van der Waals surface area contributed by atoms with E-state index in [2.05, 4.69) is 31.5 Å². The van der Waals surface area contributed by atoms with Gasteiger partial charge in [0, 0.05) is 28.0 Å². The van der Waals surface area contributed by atoms with Gasteiger partial charge in [-0.05, 0) is 43.3 Å². The van der Waals surface area contributed by atoms with Gasteiger partial charge < -0.3 is 9.26 Å². The number of benzene rings is 2. The van der Waals surface area contributed by atoms with Crippen LogP contribution in [0, 0.1) is 12.3 Å². The van der Waals surface area contributed by atoms with E-state index in [1.807, 2.05) is 36.4 Å². The van der Waals surface area contributed by atoms with Crippen molar-refractivity contribution in [3.63, 3.8) is 0 Å². The summed E-state index contributed by atoms with van der Waals surface area (Å²) in [6, 6.07) is 13.0. The minimum absolute atomic E-state index is 0.171. The molecule has 2 aromatic carbocycles. The topological polar surface area (TPSA) is 110 Å². The van der Waals surface area contributed by atoms with Crippen LogP contribution in [0.1, 0.15) is 23.0 Å². The molecule has 0 aliphatic rings. The highest BCUT2D eigenvalue weighted by molar-refractivity contribution is 5.89. The standard InChI is InChI=1S/C13H11N3O3.C9H6N2/c1-2-18-13(17)11-6-12(19-16-11)8-3-4-10-9(5-8)7-14-15-10;1-2-7-3-4-9-8(5-7)6-10-11-9/h3-7H,2H2,1H3,(H,14,15);1,3-6H,(H,10,11). The van der Waals surface area contributed by atoms with Crippen LogP contribution < -0.4 is 0 Å². The van der Waals surface area contributed by atoms with Crippen LogP contribution in [0.15, 0.2) is 59.4 Å². The number of nitrogens with zero attached hydrogens (tertiary/aromatic N) is 3. The molecule has 5 rings (SSSR count). The Bertz CT molecular complexity index is 1360. The molecule has 0 radical (unpaired) electrons. The zero-order valence-electron chi connectivity index (χ0n) is 16.0. The number of aromatic amines is 2. The van der Waals surface area contributed by atoms with Crippen molar-refractivity contribution in [2.24, 2.45) is 0 Å². The molecule has 30 heavy (non-hydrogen) atoms. The van der Waals surface area contributed by atoms with E-state index in [0.717, 1.165) is 32.9 Å². The first-order chi connectivity index (χ1) is 14.7. The summed E-state index contributed by atoms with van der Waals surface area (Å²) in [4.78, 5) is 11.5. The number of terminal acetylenes is 1. The van der Waals surface area contributed by atoms with Gasteiger partial charge in [0.2, 0.25) is 0 Å². The Morgan fingerprint density at radius 1 is 1.07 bits per heavy atom. The van der Waals surface area contributed by atoms with Crippen molar-refractivity contribution < 1.29 is 14.1 Å². The molecule has 0 unspecified atom stereocenters. The first-order valence-corrected chi connectivity index (χ1v) is 9.15. The average Bonchev–Trinajstić information content (AvgIpc) is 3.53. The van der Waals surface area contributed by atoms with E-state index in [-0.39, 0.29) is 5.69 Å². The van der Waals surface area contributed by atoms with Crippen LogP contribution in [0.4, 0.5) is 0 Å². The lowest BCUT2D eigenvalue weighted by molar-refractivity contribution is 0.0514. The van der Waals surface area contributed by atoms with Crippen LogP contribution in [-0.2, 0) is 4.74 Å². The number of H-pyrrole nitrogens is 2. The quantitative estimate of drug-likeness (QED) is 0.351. The predicted octanol–water partition coefficient (Wildman–Crippen LogP) is 3.94. The Hall–Kier alpha value is -4.38. The van der Waals surface area contributed by atoms with Gasteiger partial charge >= 0.3 is 5.97 Å². The summed E-state index contributed by atoms with van der Waals surface area (Å²) in [5.74, 6) is 2.60. The Labute approximate surface area is 171 Å². The molecule has 8 heteroatoms. The molecule has 0 saturated carbocycles. The van der Waals surface area contributed by atoms with E-state index >= 15 is 0 Å². The van der Waals surface area contributed by atoms with Gasteiger partial charge in [-0.3, -0.25) is 10.2 Å². The molecule has 3 aromatic heterocycles. The second-order valence-corrected chi connectivity index (χ2v) is 6.29. The third kappa shape index (κ3) is 3.91. The number of carbonyl (C=O) groups excluding carboxylic acids is 1. The fraction of sp³-hybridized carbons (Fsp3) is 0.0909. The number of hydrogen-bond acceptors (Lipinski definition) is 6. The van der Waals surface area contributed by atoms with Gasteiger partial charge in [0.25, 0.3) is 0 Å². The normalized spacial score (nSPS) is 10.4. The fourth-order valence-corrected chi connectivity index (χ4v) is 2.84. The minimum atomic E-state index is -0.484. The summed E-state index contributed by atoms with van der Waals surface area (Å²) < 4.78 is 10.0. The van der Waals surface area contributed by atoms with E-state index in [9.17, 15) is 4.79 Å². The van der Waals surface area contributed by atoms with Crippen LogP contribution >= 0.6 is 0 Å². The lowest BCUT2D eigenvalue weighted by Crippen LogP contribution is -2.04. The van der Waals surface area contributed by atoms with Crippen molar-refractivity contribution in [1.29, 1.82) is 0 Å². The number of rotatable bonds is 3. The van der Waals surface area contributed by atoms with Crippen LogP contribution in [0.2, 0.25) is 0 Å². The van der Waals surface area contributed by atoms with E-state index in [0.29, 0.717) is 12.4 Å². The number of nitrogens with one attached hydrogen (secondary N) is 2. The molecule has 2 N–H and O–H groups in total. The predicted molar refractivity (Wildman–Crippen MR) is 112 cm³/mol. The SMILES string of the molecule is C#Cc1ccc2[nH]ncc2c1.CCOC(=O)c1cc(-c2ccc3[nH]ncc3c2)on1. The highest BCUT2D eigenvalue weighted by Gasteiger charge is 2.14. The molecule has 0 aliphatic heterocycles. The Kier molecular flexibility index (Phi) is 5.26. The molecular formula is C22H17N5O3. The minimum Gasteiger partial charge on any atom is -0.461 e. The van der Waals surface area contributed by atoms with Crippen LogP contribution in [-0.4, -0.2) is 38.1 Å². The Balaban J connectivity index is 0.000000168. The summed E-state index contributed by atoms with van der Waals surface area (Å²) in [7, 11) is 0. The summed E-state index contributed by atoms with van der Waals surface area (Å²) in [6.07, 6.45) is 8.71. The molecule has 0 spiro atoms. The number of carbonyl (C=O) groups is 1. The van der Waals surface area contributed by atoms with Gasteiger partial charge in [-0.25, -0.2) is 4.79 Å². The number of aromatic nitrogens is 5. The zero-order valence-corrected chi connectivity index (χ0v) is 16.0. The smallest absolute Gasteiger partial charge is 0.360 e. The first kappa shape index (κ1) is 19.0. The lowest BCUT2D eigenvalue weighted by Gasteiger charge is -1.95. The lowest BCUT2D eigenvalue weighted by atomic mass is 10.1. The molecule has 0 amide bonds. The van der Waals surface area contributed by atoms with Crippen molar-refractivity contribution in [3.05, 3.63) is 66.1 Å². The third-order valence-electron chi connectivity index (χ3n) is 4.33. The van der Waals surface area contributed by atoms with Crippen molar-refractivity contribution in [1.82, 2.24) is 25.6 Å². The van der Waals surface area contributed by atoms with E-state index < -0.39 is 5.97 Å². The summed E-state index contributed by atoms with van der Waals surface area (Å²) >= 11 is 0. The molecular weight excluding hydrogens is 382 g/mol. The largest absolute Gasteiger partial charge is 0.461 e. The van der Waals surface area contributed by atoms with Crippen LogP contribution in [0.25, 0.3) is 33.1 Å². The average molecular weight is 399 g/mol. The molecule has 3 heterocycles. The monoisotopic (exact) mass is 399 g/mol. The maximum atomic E-state index is 11.5.